The fourth-order valence-electron chi connectivity index (χ4n) is 3.18. The minimum absolute atomic E-state index is 0.440. The third kappa shape index (κ3) is 3.47. The first-order chi connectivity index (χ1) is 12.7. The summed E-state index contributed by atoms with van der Waals surface area (Å²) >= 11 is 0. The van der Waals surface area contributed by atoms with E-state index in [-0.39, 0.29) is 0 Å². The maximum atomic E-state index is 5.91. The lowest BCUT2D eigenvalue weighted by Gasteiger charge is -2.09. The zero-order valence-corrected chi connectivity index (χ0v) is 14.9. The van der Waals surface area contributed by atoms with Crippen LogP contribution < -0.4 is 9.47 Å². The van der Waals surface area contributed by atoms with Gasteiger partial charge in [-0.25, -0.2) is 0 Å². The summed E-state index contributed by atoms with van der Waals surface area (Å²) in [6.45, 7) is 4.44. The van der Waals surface area contributed by atoms with Gasteiger partial charge in [-0.15, -0.1) is 0 Å². The average Bonchev–Trinajstić information content (AvgIpc) is 3.10. The lowest BCUT2D eigenvalue weighted by Crippen LogP contribution is -1.98. The molecule has 0 amide bonds. The van der Waals surface area contributed by atoms with E-state index in [0.717, 1.165) is 35.6 Å². The quantitative estimate of drug-likeness (QED) is 0.761. The predicted molar refractivity (Wildman–Crippen MR) is 104 cm³/mol. The SMILES string of the molecule is C=C1C=CC(C2=Cc3cc(OCc4ccc(OC)cn4)ccc3C2)=CC1. The molecule has 4 rings (SSSR count). The van der Waals surface area contributed by atoms with E-state index in [4.69, 9.17) is 9.47 Å². The van der Waals surface area contributed by atoms with Crippen molar-refractivity contribution in [2.24, 2.45) is 0 Å². The predicted octanol–water partition coefficient (Wildman–Crippen LogP) is 5.05. The molecule has 2 aliphatic carbocycles. The third-order valence-corrected chi connectivity index (χ3v) is 4.70. The molecule has 1 heterocycles. The van der Waals surface area contributed by atoms with Crippen molar-refractivity contribution in [1.29, 1.82) is 0 Å². The van der Waals surface area contributed by atoms with Gasteiger partial charge in [0.1, 0.15) is 18.1 Å². The van der Waals surface area contributed by atoms with Crippen molar-refractivity contribution in [3.05, 3.63) is 94.9 Å². The second kappa shape index (κ2) is 7.04. The summed E-state index contributed by atoms with van der Waals surface area (Å²) in [5, 5.41) is 0. The van der Waals surface area contributed by atoms with Crippen LogP contribution in [0.1, 0.15) is 23.2 Å². The molecule has 1 aromatic heterocycles. The summed E-state index contributed by atoms with van der Waals surface area (Å²) in [6.07, 6.45) is 12.4. The first-order valence-electron chi connectivity index (χ1n) is 8.73. The van der Waals surface area contributed by atoms with Gasteiger partial charge in [0.25, 0.3) is 0 Å². The van der Waals surface area contributed by atoms with Gasteiger partial charge in [-0.2, -0.15) is 0 Å². The van der Waals surface area contributed by atoms with E-state index >= 15 is 0 Å². The zero-order chi connectivity index (χ0) is 17.9. The highest BCUT2D eigenvalue weighted by Crippen LogP contribution is 2.34. The van der Waals surface area contributed by atoms with Gasteiger partial charge in [-0.05, 0) is 59.4 Å². The number of rotatable bonds is 5. The molecule has 130 valence electrons. The monoisotopic (exact) mass is 343 g/mol. The van der Waals surface area contributed by atoms with Gasteiger partial charge >= 0.3 is 0 Å². The Morgan fingerprint density at radius 1 is 1.12 bits per heavy atom. The van der Waals surface area contributed by atoms with E-state index in [0.29, 0.717) is 6.61 Å². The Morgan fingerprint density at radius 2 is 2.00 bits per heavy atom. The van der Waals surface area contributed by atoms with Crippen LogP contribution >= 0.6 is 0 Å². The fourth-order valence-corrected chi connectivity index (χ4v) is 3.18. The van der Waals surface area contributed by atoms with E-state index in [9.17, 15) is 0 Å². The number of methoxy groups -OCH3 is 1. The summed E-state index contributed by atoms with van der Waals surface area (Å²) < 4.78 is 11.0. The van der Waals surface area contributed by atoms with Crippen LogP contribution in [0.4, 0.5) is 0 Å². The summed E-state index contributed by atoms with van der Waals surface area (Å²) in [4.78, 5) is 4.33. The number of hydrogen-bond donors (Lipinski definition) is 0. The number of hydrogen-bond acceptors (Lipinski definition) is 3. The normalized spacial score (nSPS) is 15.3. The molecule has 0 atom stereocenters. The van der Waals surface area contributed by atoms with Crippen LogP contribution in [0.3, 0.4) is 0 Å². The number of nitrogens with zero attached hydrogens (tertiary/aromatic N) is 1. The van der Waals surface area contributed by atoms with Gasteiger partial charge in [0.2, 0.25) is 0 Å². The first kappa shape index (κ1) is 16.4. The van der Waals surface area contributed by atoms with Crippen molar-refractivity contribution in [3.63, 3.8) is 0 Å². The Bertz CT molecular complexity index is 933. The van der Waals surface area contributed by atoms with Crippen LogP contribution in [0.25, 0.3) is 6.08 Å². The Labute approximate surface area is 154 Å². The van der Waals surface area contributed by atoms with E-state index in [2.05, 4.69) is 48.0 Å². The van der Waals surface area contributed by atoms with Crippen LogP contribution in [-0.2, 0) is 13.0 Å². The molecular formula is C23H21NO2. The van der Waals surface area contributed by atoms with E-state index < -0.39 is 0 Å². The third-order valence-electron chi connectivity index (χ3n) is 4.70. The molecule has 0 spiro atoms. The van der Waals surface area contributed by atoms with Crippen LogP contribution in [0.15, 0.2) is 78.1 Å². The molecule has 0 N–H and O–H groups in total. The van der Waals surface area contributed by atoms with Crippen LogP contribution in [0, 0.1) is 0 Å². The molecule has 2 aromatic rings. The maximum Gasteiger partial charge on any atom is 0.137 e. The molecule has 0 unspecified atom stereocenters. The molecule has 1 aromatic carbocycles. The second-order valence-electron chi connectivity index (χ2n) is 6.54. The van der Waals surface area contributed by atoms with Gasteiger partial charge in [0.15, 0.2) is 0 Å². The second-order valence-corrected chi connectivity index (χ2v) is 6.54. The molecule has 3 nitrogen and oxygen atoms in total. The van der Waals surface area contributed by atoms with Gasteiger partial charge in [-0.1, -0.05) is 42.5 Å². The highest BCUT2D eigenvalue weighted by atomic mass is 16.5. The van der Waals surface area contributed by atoms with Gasteiger partial charge in [0.05, 0.1) is 19.0 Å². The summed E-state index contributed by atoms with van der Waals surface area (Å²) in [5.41, 5.74) is 7.27. The number of fused-ring (bicyclic) bond motifs is 1. The largest absolute Gasteiger partial charge is 0.495 e. The van der Waals surface area contributed by atoms with Crippen molar-refractivity contribution in [3.8, 4) is 11.5 Å². The molecule has 0 saturated carbocycles. The Kier molecular flexibility index (Phi) is 4.44. The molecule has 2 aliphatic rings. The number of allylic oxidation sites excluding steroid dienone is 6. The highest BCUT2D eigenvalue weighted by molar-refractivity contribution is 5.71. The van der Waals surface area contributed by atoms with Crippen molar-refractivity contribution < 1.29 is 9.47 Å². The smallest absolute Gasteiger partial charge is 0.137 e. The molecule has 0 bridgehead atoms. The van der Waals surface area contributed by atoms with Crippen molar-refractivity contribution in [2.45, 2.75) is 19.4 Å². The summed E-state index contributed by atoms with van der Waals surface area (Å²) in [7, 11) is 1.63. The van der Waals surface area contributed by atoms with E-state index in [1.807, 2.05) is 18.2 Å². The Hall–Kier alpha value is -3.07. The summed E-state index contributed by atoms with van der Waals surface area (Å²) in [5.74, 6) is 1.61. The number of ether oxygens (including phenoxy) is 2. The van der Waals surface area contributed by atoms with Crippen molar-refractivity contribution in [1.82, 2.24) is 4.98 Å². The number of pyridine rings is 1. The molecule has 3 heteroatoms. The molecule has 0 fully saturated rings. The summed E-state index contributed by atoms with van der Waals surface area (Å²) in [6, 6.07) is 10.1. The molecule has 26 heavy (non-hydrogen) atoms. The Morgan fingerprint density at radius 3 is 2.73 bits per heavy atom. The Balaban J connectivity index is 1.45. The molecular weight excluding hydrogens is 322 g/mol. The lowest BCUT2D eigenvalue weighted by atomic mass is 9.96. The standard InChI is InChI=1S/C23H21NO2/c1-16-3-5-17(6-4-16)19-11-18-7-9-22(13-20(18)12-19)26-15-21-8-10-23(25-2)14-24-21/h3,5-10,12-14H,1,4,11,15H2,2H3. The zero-order valence-electron chi connectivity index (χ0n) is 14.9. The fraction of sp³-hybridized carbons (Fsp3) is 0.174. The first-order valence-corrected chi connectivity index (χ1v) is 8.73. The van der Waals surface area contributed by atoms with Gasteiger partial charge < -0.3 is 9.47 Å². The van der Waals surface area contributed by atoms with Crippen molar-refractivity contribution >= 4 is 6.08 Å². The minimum atomic E-state index is 0.440. The lowest BCUT2D eigenvalue weighted by molar-refractivity contribution is 0.300. The van der Waals surface area contributed by atoms with Crippen LogP contribution in [0.5, 0.6) is 11.5 Å². The maximum absolute atomic E-state index is 5.91. The number of aromatic nitrogens is 1. The van der Waals surface area contributed by atoms with Crippen LogP contribution in [0.2, 0.25) is 0 Å². The topological polar surface area (TPSA) is 31.4 Å². The van der Waals surface area contributed by atoms with Gasteiger partial charge in [-0.3, -0.25) is 4.98 Å². The molecule has 0 radical (unpaired) electrons. The number of benzene rings is 1. The van der Waals surface area contributed by atoms with Crippen LogP contribution in [-0.4, -0.2) is 12.1 Å². The van der Waals surface area contributed by atoms with E-state index in [1.54, 1.807) is 13.3 Å². The van der Waals surface area contributed by atoms with E-state index in [1.165, 1.54) is 22.3 Å². The average molecular weight is 343 g/mol. The molecule has 0 aliphatic heterocycles. The van der Waals surface area contributed by atoms with Crippen molar-refractivity contribution in [2.75, 3.05) is 7.11 Å². The minimum Gasteiger partial charge on any atom is -0.495 e. The van der Waals surface area contributed by atoms with Gasteiger partial charge in [0, 0.05) is 0 Å². The highest BCUT2D eigenvalue weighted by Gasteiger charge is 2.16. The molecule has 0 saturated heterocycles.